The highest BCUT2D eigenvalue weighted by atomic mass is 16.1. The molecule has 1 aromatic rings. The zero-order valence-electron chi connectivity index (χ0n) is 6.28. The van der Waals surface area contributed by atoms with Crippen LogP contribution >= 0.6 is 0 Å². The summed E-state index contributed by atoms with van der Waals surface area (Å²) >= 11 is 0. The number of nitrogens with one attached hydrogen (secondary N) is 2. The van der Waals surface area contributed by atoms with E-state index >= 15 is 0 Å². The summed E-state index contributed by atoms with van der Waals surface area (Å²) in [6.45, 7) is 0. The highest BCUT2D eigenvalue weighted by Crippen LogP contribution is 1.79. The zero-order chi connectivity index (χ0) is 9.66. The van der Waals surface area contributed by atoms with E-state index in [1.165, 1.54) is 0 Å². The molecule has 1 aromatic carbocycles. The Bertz CT molecular complexity index is 198. The molecule has 0 radical (unpaired) electrons. The van der Waals surface area contributed by atoms with E-state index in [1.807, 2.05) is 36.4 Å². The van der Waals surface area contributed by atoms with Gasteiger partial charge in [-0.2, -0.15) is 0 Å². The Morgan fingerprint density at radius 3 is 0.647 bits per heavy atom. The quantitative estimate of drug-likeness (QED) is 0.513. The smallest absolute Gasteiger partial charge is 0.222 e. The van der Waals surface area contributed by atoms with Crippen LogP contribution in [0.15, 0.2) is 36.4 Å². The van der Waals surface area contributed by atoms with Gasteiger partial charge >= 0.3 is 0 Å². The van der Waals surface area contributed by atoms with Gasteiger partial charge in [-0.1, -0.05) is 73.5 Å². The molecule has 0 aliphatic carbocycles. The molecule has 0 unspecified atom stereocenters. The lowest BCUT2D eigenvalue weighted by molar-refractivity contribution is 0.562. The second-order valence-electron chi connectivity index (χ2n) is 1.36. The van der Waals surface area contributed by atoms with E-state index in [1.54, 1.807) is 0 Å². The number of hydrogen-bond acceptors (Lipinski definition) is 4. The van der Waals surface area contributed by atoms with Gasteiger partial charge in [0, 0.05) is 0 Å². The Morgan fingerprint density at radius 2 is 0.588 bits per heavy atom. The molecule has 0 atom stereocenters. The molecular formula is C13H28N2O2. The maximum Gasteiger partial charge on any atom is 0.231 e. The fraction of sp³-hybridized carbons (Fsp3) is 0.385. The molecule has 0 amide bonds. The van der Waals surface area contributed by atoms with Crippen molar-refractivity contribution >= 4 is 12.2 Å². The van der Waals surface area contributed by atoms with E-state index in [0.29, 0.717) is 0 Å². The van der Waals surface area contributed by atoms with Crippen molar-refractivity contribution in [2.75, 3.05) is 0 Å². The van der Waals surface area contributed by atoms with Crippen molar-refractivity contribution in [3.8, 4) is 0 Å². The molecule has 0 fully saturated rings. The second-order valence-corrected chi connectivity index (χ2v) is 1.36. The van der Waals surface area contributed by atoms with E-state index in [-0.39, 0.29) is 37.1 Å². The minimum Gasteiger partial charge on any atom is -0.222 e. The standard InChI is InChI=1S/C6H6.2CHNO.5CH4/c1-2-4-6-5-3-1;2*2-1-3;;;;;/h1-6H;2*2H;5*1H4. The molecule has 0 heterocycles. The van der Waals surface area contributed by atoms with Crippen LogP contribution < -0.4 is 0 Å². The third-order valence-corrected chi connectivity index (χ3v) is 0.667. The molecule has 0 saturated carbocycles. The molecule has 0 aliphatic heterocycles. The van der Waals surface area contributed by atoms with Gasteiger partial charge in [0.25, 0.3) is 0 Å². The fourth-order valence-electron chi connectivity index (χ4n) is 0.385. The van der Waals surface area contributed by atoms with E-state index in [9.17, 15) is 0 Å². The molecule has 1 rings (SSSR count). The van der Waals surface area contributed by atoms with E-state index in [2.05, 4.69) is 0 Å². The molecule has 2 N–H and O–H groups in total. The van der Waals surface area contributed by atoms with Gasteiger partial charge in [-0.05, 0) is 0 Å². The summed E-state index contributed by atoms with van der Waals surface area (Å²) < 4.78 is 0. The predicted molar refractivity (Wildman–Crippen MR) is 76.9 cm³/mol. The Morgan fingerprint density at radius 1 is 0.529 bits per heavy atom. The summed E-state index contributed by atoms with van der Waals surface area (Å²) in [5, 5.41) is 10.8. The van der Waals surface area contributed by atoms with Crippen molar-refractivity contribution < 1.29 is 9.59 Å². The maximum atomic E-state index is 8.35. The first-order valence-corrected chi connectivity index (χ1v) is 2.91. The summed E-state index contributed by atoms with van der Waals surface area (Å²) in [5.74, 6) is 0. The molecule has 0 saturated heterocycles. The first-order chi connectivity index (χ1) is 5.83. The van der Waals surface area contributed by atoms with Crippen molar-refractivity contribution in [1.29, 1.82) is 10.8 Å². The summed E-state index contributed by atoms with van der Waals surface area (Å²) in [5.41, 5.74) is 0. The summed E-state index contributed by atoms with van der Waals surface area (Å²) in [7, 11) is 0. The third kappa shape index (κ3) is 127. The number of benzene rings is 1. The van der Waals surface area contributed by atoms with Gasteiger partial charge in [0.1, 0.15) is 0 Å². The van der Waals surface area contributed by atoms with Crippen LogP contribution in [-0.4, -0.2) is 12.2 Å². The Labute approximate surface area is 107 Å². The van der Waals surface area contributed by atoms with Gasteiger partial charge < -0.3 is 0 Å². The van der Waals surface area contributed by atoms with Gasteiger partial charge in [0.15, 0.2) is 0 Å². The minimum atomic E-state index is 0. The Balaban J connectivity index is -0.0000000166. The third-order valence-electron chi connectivity index (χ3n) is 0.667. The van der Waals surface area contributed by atoms with Crippen molar-refractivity contribution in [1.82, 2.24) is 0 Å². The summed E-state index contributed by atoms with van der Waals surface area (Å²) in [6, 6.07) is 12.0. The van der Waals surface area contributed by atoms with Gasteiger partial charge in [-0.25, -0.2) is 20.4 Å². The van der Waals surface area contributed by atoms with Gasteiger partial charge in [0.2, 0.25) is 12.2 Å². The average Bonchev–Trinajstić information content (AvgIpc) is 2.10. The van der Waals surface area contributed by atoms with Crippen LogP contribution in [0.1, 0.15) is 37.1 Å². The van der Waals surface area contributed by atoms with E-state index in [4.69, 9.17) is 20.4 Å². The molecule has 0 bridgehead atoms. The highest BCUT2D eigenvalue weighted by Gasteiger charge is 1.57. The lowest BCUT2D eigenvalue weighted by Gasteiger charge is -1.69. The van der Waals surface area contributed by atoms with Crippen LogP contribution in [0.2, 0.25) is 0 Å². The summed E-state index contributed by atoms with van der Waals surface area (Å²) in [4.78, 5) is 16.7. The SMILES string of the molecule is C.C.C.C.C.N=C=O.N=C=O.c1ccccc1. The minimum absolute atomic E-state index is 0. The van der Waals surface area contributed by atoms with Crippen LogP contribution in [0.3, 0.4) is 0 Å². The molecule has 4 nitrogen and oxygen atoms in total. The largest absolute Gasteiger partial charge is 0.231 e. The van der Waals surface area contributed by atoms with Crippen LogP contribution in [0.4, 0.5) is 0 Å². The molecule has 0 aromatic heterocycles. The van der Waals surface area contributed by atoms with Crippen LogP contribution in [0.5, 0.6) is 0 Å². The number of hydrogen-bond donors (Lipinski definition) is 2. The first kappa shape index (κ1) is 46.0. The predicted octanol–water partition coefficient (Wildman–Crippen LogP) is 4.67. The van der Waals surface area contributed by atoms with Crippen molar-refractivity contribution in [3.63, 3.8) is 0 Å². The molecule has 0 spiro atoms. The first-order valence-electron chi connectivity index (χ1n) is 2.91. The van der Waals surface area contributed by atoms with Crippen molar-refractivity contribution in [2.45, 2.75) is 37.1 Å². The lowest BCUT2D eigenvalue weighted by Crippen LogP contribution is -1.47. The maximum absolute atomic E-state index is 8.35. The average molecular weight is 244 g/mol. The zero-order valence-corrected chi connectivity index (χ0v) is 6.28. The van der Waals surface area contributed by atoms with Crippen molar-refractivity contribution in [2.24, 2.45) is 0 Å². The molecule has 102 valence electrons. The Hall–Kier alpha value is -2.02. The van der Waals surface area contributed by atoms with Gasteiger partial charge in [-0.3, -0.25) is 0 Å². The normalized spacial score (nSPS) is 3.76. The molecule has 0 aliphatic rings. The van der Waals surface area contributed by atoms with Crippen LogP contribution in [-0.2, 0) is 9.59 Å². The second kappa shape index (κ2) is 65.9. The number of rotatable bonds is 0. The van der Waals surface area contributed by atoms with E-state index in [0.717, 1.165) is 12.2 Å². The fourth-order valence-corrected chi connectivity index (χ4v) is 0.385. The monoisotopic (exact) mass is 244 g/mol. The number of isocyanates is 2. The number of carbonyl (C=O) groups excluding carboxylic acids is 2. The Kier molecular flexibility index (Phi) is 178. The van der Waals surface area contributed by atoms with Gasteiger partial charge in [0.05, 0.1) is 0 Å². The van der Waals surface area contributed by atoms with Crippen molar-refractivity contribution in [3.05, 3.63) is 36.4 Å². The molecule has 17 heavy (non-hydrogen) atoms. The molecule has 4 heteroatoms. The topological polar surface area (TPSA) is 81.8 Å². The molecular weight excluding hydrogens is 216 g/mol. The van der Waals surface area contributed by atoms with Gasteiger partial charge in [-0.15, -0.1) is 0 Å². The van der Waals surface area contributed by atoms with E-state index < -0.39 is 0 Å². The lowest BCUT2D eigenvalue weighted by atomic mass is 10.4. The highest BCUT2D eigenvalue weighted by molar-refractivity contribution is 5.26. The summed E-state index contributed by atoms with van der Waals surface area (Å²) in [6.07, 6.45) is 1.50. The van der Waals surface area contributed by atoms with Crippen LogP contribution in [0.25, 0.3) is 0 Å². The van der Waals surface area contributed by atoms with Crippen LogP contribution in [0, 0.1) is 10.8 Å².